The largest absolute Gasteiger partial charge is 0.497 e. The smallest absolute Gasteiger partial charge is 0.410 e. The molecule has 2 aromatic rings. The van der Waals surface area contributed by atoms with Gasteiger partial charge in [0, 0.05) is 49.7 Å². The zero-order chi connectivity index (χ0) is 19.6. The molecule has 1 aromatic carbocycles. The van der Waals surface area contributed by atoms with Crippen molar-refractivity contribution in [2.45, 2.75) is 32.9 Å². The number of ether oxygens (including phenoxy) is 2. The van der Waals surface area contributed by atoms with Gasteiger partial charge in [-0.25, -0.2) is 9.78 Å². The molecule has 1 aliphatic heterocycles. The first kappa shape index (κ1) is 19.7. The Morgan fingerprint density at radius 3 is 2.52 bits per heavy atom. The third-order valence-electron chi connectivity index (χ3n) is 4.47. The number of hydrogen-bond donors (Lipinski definition) is 0. The lowest BCUT2D eigenvalue weighted by atomic mass is 10.1. The topological polar surface area (TPSA) is 54.9 Å². The number of nitrogens with zero attached hydrogens (tertiary/aromatic N) is 3. The maximum Gasteiger partial charge on any atom is 0.410 e. The molecule has 0 spiro atoms. The molecule has 0 bridgehead atoms. The summed E-state index contributed by atoms with van der Waals surface area (Å²) in [5.74, 6) is 0.761. The molecule has 2 heterocycles. The van der Waals surface area contributed by atoms with Crippen LogP contribution < -0.4 is 4.74 Å². The van der Waals surface area contributed by atoms with Crippen molar-refractivity contribution in [1.29, 1.82) is 0 Å². The Balaban J connectivity index is 1.63. The van der Waals surface area contributed by atoms with Gasteiger partial charge in [0.05, 0.1) is 12.6 Å². The van der Waals surface area contributed by atoms with Crippen molar-refractivity contribution in [1.82, 2.24) is 14.8 Å². The van der Waals surface area contributed by atoms with Crippen LogP contribution in [-0.4, -0.2) is 59.8 Å². The van der Waals surface area contributed by atoms with Gasteiger partial charge >= 0.3 is 6.09 Å². The molecular formula is C20H26ClN3O3. The Morgan fingerprint density at radius 2 is 1.89 bits per heavy atom. The van der Waals surface area contributed by atoms with Crippen molar-refractivity contribution in [3.8, 4) is 5.75 Å². The number of carbonyl (C=O) groups is 1. The van der Waals surface area contributed by atoms with Gasteiger partial charge in [0.25, 0.3) is 0 Å². The van der Waals surface area contributed by atoms with E-state index in [1.54, 1.807) is 12.0 Å². The minimum Gasteiger partial charge on any atom is -0.497 e. The van der Waals surface area contributed by atoms with E-state index in [0.717, 1.165) is 35.3 Å². The molecule has 6 nitrogen and oxygen atoms in total. The van der Waals surface area contributed by atoms with E-state index in [0.29, 0.717) is 24.8 Å². The molecule has 3 rings (SSSR count). The van der Waals surface area contributed by atoms with Gasteiger partial charge in [-0.15, -0.1) is 0 Å². The number of aromatic nitrogens is 1. The molecule has 27 heavy (non-hydrogen) atoms. The zero-order valence-electron chi connectivity index (χ0n) is 16.3. The Morgan fingerprint density at radius 1 is 1.19 bits per heavy atom. The molecule has 1 saturated heterocycles. The third-order valence-corrected chi connectivity index (χ3v) is 4.80. The summed E-state index contributed by atoms with van der Waals surface area (Å²) in [6, 6.07) is 7.86. The molecule has 7 heteroatoms. The van der Waals surface area contributed by atoms with Crippen LogP contribution in [0.4, 0.5) is 4.79 Å². The van der Waals surface area contributed by atoms with Crippen LogP contribution in [-0.2, 0) is 11.3 Å². The Hall–Kier alpha value is -2.05. The van der Waals surface area contributed by atoms with Crippen molar-refractivity contribution in [2.24, 2.45) is 0 Å². The number of fused-ring (bicyclic) bond motifs is 1. The summed E-state index contributed by atoms with van der Waals surface area (Å²) in [7, 11) is 1.63. The quantitative estimate of drug-likeness (QED) is 0.741. The first-order valence-corrected chi connectivity index (χ1v) is 9.46. The fraction of sp³-hybridized carbons (Fsp3) is 0.500. The van der Waals surface area contributed by atoms with Crippen molar-refractivity contribution in [3.05, 3.63) is 35.0 Å². The highest BCUT2D eigenvalue weighted by atomic mass is 35.5. The van der Waals surface area contributed by atoms with Crippen LogP contribution in [0.2, 0.25) is 5.15 Å². The average Bonchev–Trinajstić information content (AvgIpc) is 2.61. The van der Waals surface area contributed by atoms with Gasteiger partial charge in [-0.05, 0) is 39.0 Å². The molecule has 0 saturated carbocycles. The Labute approximate surface area is 165 Å². The maximum absolute atomic E-state index is 12.2. The predicted molar refractivity (Wildman–Crippen MR) is 106 cm³/mol. The molecule has 1 fully saturated rings. The summed E-state index contributed by atoms with van der Waals surface area (Å²) in [5, 5.41) is 1.54. The average molecular weight is 392 g/mol. The highest BCUT2D eigenvalue weighted by Crippen LogP contribution is 2.25. The van der Waals surface area contributed by atoms with E-state index in [1.165, 1.54) is 0 Å². The Kier molecular flexibility index (Phi) is 5.77. The fourth-order valence-electron chi connectivity index (χ4n) is 3.06. The van der Waals surface area contributed by atoms with Crippen LogP contribution in [0.25, 0.3) is 10.9 Å². The van der Waals surface area contributed by atoms with Gasteiger partial charge in [0.1, 0.15) is 16.5 Å². The van der Waals surface area contributed by atoms with Crippen LogP contribution >= 0.6 is 11.6 Å². The van der Waals surface area contributed by atoms with Gasteiger partial charge in [-0.2, -0.15) is 0 Å². The first-order valence-electron chi connectivity index (χ1n) is 9.08. The molecule has 0 radical (unpaired) electrons. The van der Waals surface area contributed by atoms with Crippen LogP contribution in [0.15, 0.2) is 24.3 Å². The van der Waals surface area contributed by atoms with E-state index in [1.807, 2.05) is 39.0 Å². The van der Waals surface area contributed by atoms with E-state index in [-0.39, 0.29) is 6.09 Å². The predicted octanol–water partition coefficient (Wildman–Crippen LogP) is 3.95. The minimum absolute atomic E-state index is 0.249. The van der Waals surface area contributed by atoms with Gasteiger partial charge < -0.3 is 14.4 Å². The van der Waals surface area contributed by atoms with Crippen molar-refractivity contribution < 1.29 is 14.3 Å². The zero-order valence-corrected chi connectivity index (χ0v) is 17.0. The molecule has 1 amide bonds. The van der Waals surface area contributed by atoms with Gasteiger partial charge in [0.2, 0.25) is 0 Å². The van der Waals surface area contributed by atoms with E-state index in [2.05, 4.69) is 16.0 Å². The van der Waals surface area contributed by atoms with E-state index in [9.17, 15) is 4.79 Å². The number of piperazine rings is 1. The highest BCUT2D eigenvalue weighted by Gasteiger charge is 2.26. The second-order valence-electron chi connectivity index (χ2n) is 7.74. The van der Waals surface area contributed by atoms with Crippen LogP contribution in [0.1, 0.15) is 26.3 Å². The van der Waals surface area contributed by atoms with Gasteiger partial charge in [-0.1, -0.05) is 11.6 Å². The van der Waals surface area contributed by atoms with Crippen LogP contribution in [0.5, 0.6) is 5.75 Å². The lowest BCUT2D eigenvalue weighted by Crippen LogP contribution is -2.49. The minimum atomic E-state index is -0.471. The number of halogens is 1. The standard InChI is InChI=1S/C20H26ClN3O3/c1-20(2,3)27-19(25)24-9-7-23(8-10-24)13-15-11-14-5-6-16(26-4)12-17(14)22-18(15)21/h5-6,11-12H,7-10,13H2,1-4H3. The van der Waals surface area contributed by atoms with Crippen molar-refractivity contribution in [3.63, 3.8) is 0 Å². The van der Waals surface area contributed by atoms with E-state index < -0.39 is 5.60 Å². The summed E-state index contributed by atoms with van der Waals surface area (Å²) in [5.41, 5.74) is 1.33. The van der Waals surface area contributed by atoms with Crippen molar-refractivity contribution in [2.75, 3.05) is 33.3 Å². The number of carbonyl (C=O) groups excluding carboxylic acids is 1. The summed E-state index contributed by atoms with van der Waals surface area (Å²) in [4.78, 5) is 20.7. The molecule has 1 aromatic heterocycles. The number of hydrogen-bond acceptors (Lipinski definition) is 5. The molecule has 0 unspecified atom stereocenters. The number of pyridine rings is 1. The normalized spacial score (nSPS) is 15.8. The summed E-state index contributed by atoms with van der Waals surface area (Å²) >= 11 is 6.41. The SMILES string of the molecule is COc1ccc2cc(CN3CCN(C(=O)OC(C)(C)C)CC3)c(Cl)nc2c1. The summed E-state index contributed by atoms with van der Waals surface area (Å²) in [6.45, 7) is 9.18. The number of methoxy groups -OCH3 is 1. The highest BCUT2D eigenvalue weighted by molar-refractivity contribution is 6.30. The lowest BCUT2D eigenvalue weighted by molar-refractivity contribution is 0.0139. The van der Waals surface area contributed by atoms with Gasteiger partial charge in [0.15, 0.2) is 0 Å². The fourth-order valence-corrected chi connectivity index (χ4v) is 3.27. The summed E-state index contributed by atoms with van der Waals surface area (Å²) < 4.78 is 10.7. The second-order valence-corrected chi connectivity index (χ2v) is 8.10. The molecule has 146 valence electrons. The molecule has 0 N–H and O–H groups in total. The first-order chi connectivity index (χ1) is 12.7. The number of amides is 1. The summed E-state index contributed by atoms with van der Waals surface area (Å²) in [6.07, 6.45) is -0.249. The van der Waals surface area contributed by atoms with Crippen molar-refractivity contribution >= 4 is 28.6 Å². The van der Waals surface area contributed by atoms with Crippen LogP contribution in [0.3, 0.4) is 0 Å². The molecule has 0 atom stereocenters. The second kappa shape index (κ2) is 7.90. The number of benzene rings is 1. The van der Waals surface area contributed by atoms with Crippen LogP contribution in [0, 0.1) is 0 Å². The lowest BCUT2D eigenvalue weighted by Gasteiger charge is -2.35. The van der Waals surface area contributed by atoms with E-state index >= 15 is 0 Å². The monoisotopic (exact) mass is 391 g/mol. The molecule has 0 aliphatic carbocycles. The number of rotatable bonds is 3. The third kappa shape index (κ3) is 5.02. The Bertz CT molecular complexity index is 827. The maximum atomic E-state index is 12.2. The molecular weight excluding hydrogens is 366 g/mol. The molecule has 1 aliphatic rings. The van der Waals surface area contributed by atoms with Gasteiger partial charge in [-0.3, -0.25) is 4.90 Å². The van der Waals surface area contributed by atoms with E-state index in [4.69, 9.17) is 21.1 Å².